The topological polar surface area (TPSA) is 61.8 Å². The van der Waals surface area contributed by atoms with Crippen molar-refractivity contribution in [2.24, 2.45) is 4.99 Å². The van der Waals surface area contributed by atoms with E-state index in [9.17, 15) is 0 Å². The molecule has 0 amide bonds. The van der Waals surface area contributed by atoms with Crippen LogP contribution in [0.3, 0.4) is 0 Å². The van der Waals surface area contributed by atoms with Gasteiger partial charge in [-0.05, 0) is 31.0 Å². The summed E-state index contributed by atoms with van der Waals surface area (Å²) in [6, 6.07) is 12.0. The van der Waals surface area contributed by atoms with Crippen molar-refractivity contribution in [1.29, 1.82) is 0 Å². The molecule has 0 radical (unpaired) electrons. The largest absolute Gasteiger partial charge is 0.378 e. The average Bonchev–Trinajstić information content (AvgIpc) is 2.74. The number of ether oxygens (including phenoxy) is 1. The third-order valence-electron chi connectivity index (χ3n) is 4.57. The summed E-state index contributed by atoms with van der Waals surface area (Å²) in [6.07, 6.45) is 2.68. The number of guanidine groups is 1. The monoisotopic (exact) mass is 401 g/mol. The van der Waals surface area contributed by atoms with Gasteiger partial charge < -0.3 is 20.3 Å². The molecule has 0 aliphatic carbocycles. The number of anilines is 1. The molecule has 28 heavy (non-hydrogen) atoms. The number of nitrogens with zero attached hydrogens (tertiary/aromatic N) is 3. The molecule has 2 aromatic rings. The summed E-state index contributed by atoms with van der Waals surface area (Å²) in [4.78, 5) is 11.6. The van der Waals surface area contributed by atoms with Crippen LogP contribution in [-0.4, -0.2) is 50.3 Å². The highest BCUT2D eigenvalue weighted by Gasteiger charge is 2.15. The second kappa shape index (κ2) is 10.9. The van der Waals surface area contributed by atoms with E-state index in [-0.39, 0.29) is 0 Å². The number of halogens is 1. The number of benzene rings is 1. The van der Waals surface area contributed by atoms with Crippen molar-refractivity contribution in [2.45, 2.75) is 19.9 Å². The third kappa shape index (κ3) is 5.84. The van der Waals surface area contributed by atoms with Gasteiger partial charge in [0.2, 0.25) is 0 Å². The molecule has 2 N–H and O–H groups in total. The average molecular weight is 402 g/mol. The van der Waals surface area contributed by atoms with Crippen molar-refractivity contribution in [3.05, 3.63) is 58.7 Å². The van der Waals surface area contributed by atoms with Crippen LogP contribution in [0.15, 0.2) is 47.6 Å². The minimum absolute atomic E-state index is 0.571. The quantitative estimate of drug-likeness (QED) is 0.551. The first-order chi connectivity index (χ1) is 13.8. The van der Waals surface area contributed by atoms with Crippen molar-refractivity contribution in [3.63, 3.8) is 0 Å². The first-order valence-electron chi connectivity index (χ1n) is 9.80. The normalized spacial score (nSPS) is 14.8. The summed E-state index contributed by atoms with van der Waals surface area (Å²) in [7, 11) is 0. The van der Waals surface area contributed by atoms with Crippen LogP contribution in [-0.2, 0) is 17.7 Å². The molecule has 0 unspecified atom stereocenters. The molecule has 1 fully saturated rings. The molecule has 150 valence electrons. The molecular formula is C21H28ClN5O. The Morgan fingerprint density at radius 1 is 1.14 bits per heavy atom. The van der Waals surface area contributed by atoms with Crippen molar-refractivity contribution in [1.82, 2.24) is 15.6 Å². The van der Waals surface area contributed by atoms with Gasteiger partial charge in [-0.15, -0.1) is 0 Å². The van der Waals surface area contributed by atoms with E-state index >= 15 is 0 Å². The lowest BCUT2D eigenvalue weighted by molar-refractivity contribution is 0.122. The number of aliphatic imine (C=N–C) groups is 1. The maximum absolute atomic E-state index is 6.24. The Hall–Kier alpha value is -2.31. The van der Waals surface area contributed by atoms with Crippen LogP contribution in [0.2, 0.25) is 5.02 Å². The molecule has 1 aromatic heterocycles. The fraction of sp³-hybridized carbons (Fsp3) is 0.429. The maximum Gasteiger partial charge on any atom is 0.191 e. The van der Waals surface area contributed by atoms with E-state index in [1.807, 2.05) is 30.5 Å². The Morgan fingerprint density at radius 2 is 1.93 bits per heavy atom. The minimum Gasteiger partial charge on any atom is -0.378 e. The van der Waals surface area contributed by atoms with E-state index in [1.54, 1.807) is 0 Å². The zero-order chi connectivity index (χ0) is 19.6. The van der Waals surface area contributed by atoms with Gasteiger partial charge in [-0.3, -0.25) is 0 Å². The molecule has 0 spiro atoms. The first-order valence-corrected chi connectivity index (χ1v) is 10.2. The molecule has 2 heterocycles. The summed E-state index contributed by atoms with van der Waals surface area (Å²) < 4.78 is 5.45. The number of rotatable bonds is 7. The van der Waals surface area contributed by atoms with Gasteiger partial charge >= 0.3 is 0 Å². The summed E-state index contributed by atoms with van der Waals surface area (Å²) in [5, 5.41) is 7.50. The van der Waals surface area contributed by atoms with E-state index in [0.717, 1.165) is 73.7 Å². The number of morpholine rings is 1. The maximum atomic E-state index is 6.24. The molecule has 6 nitrogen and oxygen atoms in total. The second-order valence-corrected chi connectivity index (χ2v) is 6.96. The highest BCUT2D eigenvalue weighted by atomic mass is 35.5. The molecule has 0 bridgehead atoms. The molecule has 1 saturated heterocycles. The van der Waals surface area contributed by atoms with Crippen LogP contribution in [0, 0.1) is 0 Å². The van der Waals surface area contributed by atoms with Gasteiger partial charge in [0.25, 0.3) is 0 Å². The van der Waals surface area contributed by atoms with Gasteiger partial charge in [-0.25, -0.2) is 9.98 Å². The number of aromatic nitrogens is 1. The molecule has 3 rings (SSSR count). The highest BCUT2D eigenvalue weighted by molar-refractivity contribution is 6.31. The lowest BCUT2D eigenvalue weighted by atomic mass is 10.1. The van der Waals surface area contributed by atoms with Gasteiger partial charge in [-0.2, -0.15) is 0 Å². The van der Waals surface area contributed by atoms with Crippen molar-refractivity contribution in [2.75, 3.05) is 44.3 Å². The Kier molecular flexibility index (Phi) is 7.94. The van der Waals surface area contributed by atoms with Crippen molar-refractivity contribution in [3.8, 4) is 0 Å². The van der Waals surface area contributed by atoms with E-state index in [0.29, 0.717) is 6.54 Å². The van der Waals surface area contributed by atoms with E-state index in [1.165, 1.54) is 0 Å². The number of hydrogen-bond acceptors (Lipinski definition) is 4. The van der Waals surface area contributed by atoms with E-state index < -0.39 is 0 Å². The van der Waals surface area contributed by atoms with Crippen molar-refractivity contribution < 1.29 is 4.74 Å². The van der Waals surface area contributed by atoms with Crippen LogP contribution >= 0.6 is 11.6 Å². The number of hydrogen-bond donors (Lipinski definition) is 2. The van der Waals surface area contributed by atoms with Gasteiger partial charge in [0.15, 0.2) is 5.96 Å². The minimum atomic E-state index is 0.571. The Bertz CT molecular complexity index is 777. The second-order valence-electron chi connectivity index (χ2n) is 6.55. The van der Waals surface area contributed by atoms with Crippen LogP contribution in [0.5, 0.6) is 0 Å². The Labute approximate surface area is 172 Å². The Balaban J connectivity index is 1.62. The summed E-state index contributed by atoms with van der Waals surface area (Å²) in [6.45, 7) is 7.42. The Morgan fingerprint density at radius 3 is 2.71 bits per heavy atom. The summed E-state index contributed by atoms with van der Waals surface area (Å²) in [5.41, 5.74) is 2.25. The molecule has 7 heteroatoms. The zero-order valence-electron chi connectivity index (χ0n) is 16.3. The predicted octanol–water partition coefficient (Wildman–Crippen LogP) is 2.87. The molecule has 0 atom stereocenters. The smallest absolute Gasteiger partial charge is 0.191 e. The molecule has 1 aliphatic heterocycles. The fourth-order valence-corrected chi connectivity index (χ4v) is 3.37. The lowest BCUT2D eigenvalue weighted by Gasteiger charge is -2.29. The van der Waals surface area contributed by atoms with Gasteiger partial charge in [0, 0.05) is 43.0 Å². The zero-order valence-corrected chi connectivity index (χ0v) is 17.1. The summed E-state index contributed by atoms with van der Waals surface area (Å²) in [5.74, 6) is 1.80. The van der Waals surface area contributed by atoms with Gasteiger partial charge in [0.05, 0.1) is 19.8 Å². The highest BCUT2D eigenvalue weighted by Crippen LogP contribution is 2.19. The predicted molar refractivity (Wildman–Crippen MR) is 115 cm³/mol. The standard InChI is InChI=1S/C21H28ClN5O/c1-2-23-21(25-11-9-17-6-3-4-8-19(17)22)26-16-18-7-5-10-24-20(18)27-12-14-28-15-13-27/h3-8,10H,2,9,11-16H2,1H3,(H2,23,25,26). The van der Waals surface area contributed by atoms with Crippen LogP contribution in [0.4, 0.5) is 5.82 Å². The van der Waals surface area contributed by atoms with Gasteiger partial charge in [-0.1, -0.05) is 35.9 Å². The fourth-order valence-electron chi connectivity index (χ4n) is 3.14. The lowest BCUT2D eigenvalue weighted by Crippen LogP contribution is -2.38. The van der Waals surface area contributed by atoms with E-state index in [4.69, 9.17) is 21.3 Å². The molecular weight excluding hydrogens is 374 g/mol. The van der Waals surface area contributed by atoms with Gasteiger partial charge in [0.1, 0.15) is 5.82 Å². The van der Waals surface area contributed by atoms with E-state index in [2.05, 4.69) is 39.6 Å². The first kappa shape index (κ1) is 20.4. The number of pyridine rings is 1. The SMILES string of the molecule is CCNC(=NCc1cccnc1N1CCOCC1)NCCc1ccccc1Cl. The summed E-state index contributed by atoms with van der Waals surface area (Å²) >= 11 is 6.24. The third-order valence-corrected chi connectivity index (χ3v) is 4.94. The molecule has 1 aliphatic rings. The van der Waals surface area contributed by atoms with Crippen molar-refractivity contribution >= 4 is 23.4 Å². The van der Waals surface area contributed by atoms with Crippen LogP contribution < -0.4 is 15.5 Å². The molecule has 0 saturated carbocycles. The van der Waals surface area contributed by atoms with Crippen LogP contribution in [0.25, 0.3) is 0 Å². The van der Waals surface area contributed by atoms with Crippen LogP contribution in [0.1, 0.15) is 18.1 Å². The molecule has 1 aromatic carbocycles. The number of nitrogens with one attached hydrogen (secondary N) is 2.